The Kier molecular flexibility index (Phi) is 18.1. The quantitative estimate of drug-likeness (QED) is 0.231. The van der Waals surface area contributed by atoms with E-state index < -0.39 is 12.3 Å². The van der Waals surface area contributed by atoms with E-state index in [4.69, 9.17) is 30.3 Å². The number of hydrogen-bond acceptors (Lipinski definition) is 8. The van der Waals surface area contributed by atoms with Gasteiger partial charge in [-0.05, 0) is 0 Å². The summed E-state index contributed by atoms with van der Waals surface area (Å²) in [5, 5.41) is 31.5. The molecule has 0 heterocycles. The SMILES string of the molecule is O=C([O-])OO.O=C([O-])OO.[Mg+2]. The first kappa shape index (κ1) is 16.7. The number of carbonyl (C=O) groups excluding carboxylic acids is 2. The van der Waals surface area contributed by atoms with Crippen LogP contribution in [-0.2, 0) is 9.78 Å². The van der Waals surface area contributed by atoms with Crippen LogP contribution in [0.5, 0.6) is 0 Å². The number of rotatable bonds is 0. The van der Waals surface area contributed by atoms with Crippen molar-refractivity contribution in [1.82, 2.24) is 0 Å². The summed E-state index contributed by atoms with van der Waals surface area (Å²) in [6.45, 7) is 0. The first-order valence-electron chi connectivity index (χ1n) is 1.59. The van der Waals surface area contributed by atoms with Gasteiger partial charge >= 0.3 is 23.1 Å². The molecule has 0 amide bonds. The van der Waals surface area contributed by atoms with Crippen molar-refractivity contribution in [1.29, 1.82) is 0 Å². The molecule has 0 saturated carbocycles. The Bertz CT molecular complexity index is 96.7. The summed E-state index contributed by atoms with van der Waals surface area (Å²) in [5.74, 6) is 0. The molecule has 0 aliphatic heterocycles. The molecule has 0 aromatic rings. The van der Waals surface area contributed by atoms with E-state index in [1.807, 2.05) is 0 Å². The van der Waals surface area contributed by atoms with Crippen molar-refractivity contribution in [3.05, 3.63) is 0 Å². The van der Waals surface area contributed by atoms with Gasteiger partial charge in [0.1, 0.15) is 0 Å². The molecule has 0 aliphatic carbocycles. The number of hydrogen-bond donors (Lipinski definition) is 2. The zero-order chi connectivity index (χ0) is 8.57. The van der Waals surface area contributed by atoms with E-state index in [9.17, 15) is 0 Å². The summed E-state index contributed by atoms with van der Waals surface area (Å²) in [6.07, 6.45) is -3.88. The number of carbonyl (C=O) groups is 2. The molecule has 60 valence electrons. The Balaban J connectivity index is -0.000000107. The second-order valence-electron chi connectivity index (χ2n) is 0.683. The van der Waals surface area contributed by atoms with Crippen molar-refractivity contribution < 1.29 is 40.1 Å². The van der Waals surface area contributed by atoms with Crippen LogP contribution in [-0.4, -0.2) is 45.9 Å². The van der Waals surface area contributed by atoms with Gasteiger partial charge < -0.3 is 29.6 Å². The van der Waals surface area contributed by atoms with Crippen LogP contribution in [0.25, 0.3) is 0 Å². The van der Waals surface area contributed by atoms with Crippen molar-refractivity contribution in [3.63, 3.8) is 0 Å². The zero-order valence-corrected chi connectivity index (χ0v) is 6.47. The van der Waals surface area contributed by atoms with Gasteiger partial charge in [0, 0.05) is 0 Å². The smallest absolute Gasteiger partial charge is 0.424 e. The third-order valence-electron chi connectivity index (χ3n) is 0.149. The third-order valence-corrected chi connectivity index (χ3v) is 0.149. The molecule has 0 atom stereocenters. The third kappa shape index (κ3) is 46.3. The summed E-state index contributed by atoms with van der Waals surface area (Å²) < 4.78 is 0. The molecule has 0 aromatic carbocycles. The second kappa shape index (κ2) is 12.0. The van der Waals surface area contributed by atoms with Crippen molar-refractivity contribution in [2.45, 2.75) is 0 Å². The molecule has 0 aromatic heterocycles. The summed E-state index contributed by atoms with van der Waals surface area (Å²) in [7, 11) is 0. The molecule has 0 fully saturated rings. The number of carboxylic acid groups (broad SMARTS) is 2. The van der Waals surface area contributed by atoms with Gasteiger partial charge in [-0.15, -0.1) is 0 Å². The molecule has 0 aliphatic rings. The molecule has 9 heteroatoms. The van der Waals surface area contributed by atoms with Crippen LogP contribution in [0, 0.1) is 0 Å². The van der Waals surface area contributed by atoms with Gasteiger partial charge in [0.2, 0.25) is 0 Å². The van der Waals surface area contributed by atoms with Crippen molar-refractivity contribution in [2.24, 2.45) is 0 Å². The van der Waals surface area contributed by atoms with Gasteiger partial charge in [0.25, 0.3) is 12.3 Å². The fourth-order valence-corrected chi connectivity index (χ4v) is 0. The molecule has 2 N–H and O–H groups in total. The van der Waals surface area contributed by atoms with Gasteiger partial charge in [-0.1, -0.05) is 0 Å². The summed E-state index contributed by atoms with van der Waals surface area (Å²) in [5.41, 5.74) is 0. The Hall–Kier alpha value is -0.774. The Morgan fingerprint density at radius 1 is 1.00 bits per heavy atom. The Labute approximate surface area is 76.0 Å². The fourth-order valence-electron chi connectivity index (χ4n) is 0. The molecule has 0 spiro atoms. The predicted molar refractivity (Wildman–Crippen MR) is 24.0 cm³/mol. The van der Waals surface area contributed by atoms with E-state index in [0.29, 0.717) is 0 Å². The molecule has 8 nitrogen and oxygen atoms in total. The Morgan fingerprint density at radius 2 is 1.09 bits per heavy atom. The van der Waals surface area contributed by atoms with Gasteiger partial charge in [-0.3, -0.25) is 10.5 Å². The molecule has 0 bridgehead atoms. The molecule has 11 heavy (non-hydrogen) atoms. The molecule has 0 unspecified atom stereocenters. The predicted octanol–water partition coefficient (Wildman–Crippen LogP) is -2.74. The van der Waals surface area contributed by atoms with E-state index in [-0.39, 0.29) is 23.1 Å². The first-order chi connectivity index (χ1) is 4.54. The van der Waals surface area contributed by atoms with Crippen LogP contribution < -0.4 is 10.2 Å². The maximum Gasteiger partial charge on any atom is 2.00 e. The maximum absolute atomic E-state index is 8.78. The normalized spacial score (nSPS) is 6.00. The van der Waals surface area contributed by atoms with Crippen molar-refractivity contribution >= 4 is 35.4 Å². The van der Waals surface area contributed by atoms with Crippen LogP contribution in [0.1, 0.15) is 0 Å². The van der Waals surface area contributed by atoms with Crippen molar-refractivity contribution in [2.75, 3.05) is 0 Å². The average Bonchev–Trinajstić information content (AvgIpc) is 1.89. The van der Waals surface area contributed by atoms with Crippen LogP contribution in [0.4, 0.5) is 9.59 Å². The van der Waals surface area contributed by atoms with E-state index in [1.165, 1.54) is 0 Å². The van der Waals surface area contributed by atoms with E-state index in [2.05, 4.69) is 9.78 Å². The first-order valence-corrected chi connectivity index (χ1v) is 1.59. The standard InChI is InChI=1S/2CH2O4.Mg/c2*2-1(3)5-4;/h2*4H,(H,2,3);/q;;+2/p-2. The summed E-state index contributed by atoms with van der Waals surface area (Å²) in [6, 6.07) is 0. The molecular weight excluding hydrogens is 176 g/mol. The fraction of sp³-hybridized carbons (Fsp3) is 0. The molecular formula is C2H2MgO8. The topological polar surface area (TPSA) is 139 Å². The molecule has 0 radical (unpaired) electrons. The minimum Gasteiger partial charge on any atom is -0.424 e. The Morgan fingerprint density at radius 3 is 1.09 bits per heavy atom. The van der Waals surface area contributed by atoms with Gasteiger partial charge in [-0.25, -0.2) is 0 Å². The van der Waals surface area contributed by atoms with Crippen LogP contribution in [0.15, 0.2) is 0 Å². The maximum atomic E-state index is 8.78. The van der Waals surface area contributed by atoms with E-state index in [0.717, 1.165) is 0 Å². The summed E-state index contributed by atoms with van der Waals surface area (Å²) >= 11 is 0. The van der Waals surface area contributed by atoms with Gasteiger partial charge in [0.05, 0.1) is 0 Å². The van der Waals surface area contributed by atoms with Crippen LogP contribution in [0.2, 0.25) is 0 Å². The zero-order valence-electron chi connectivity index (χ0n) is 5.05. The average molecular weight is 178 g/mol. The monoisotopic (exact) mass is 178 g/mol. The van der Waals surface area contributed by atoms with Crippen molar-refractivity contribution in [3.8, 4) is 0 Å². The molecule has 0 saturated heterocycles. The van der Waals surface area contributed by atoms with Crippen LogP contribution in [0.3, 0.4) is 0 Å². The molecule has 0 rings (SSSR count). The van der Waals surface area contributed by atoms with Crippen LogP contribution >= 0.6 is 0 Å². The minimum atomic E-state index is -1.94. The largest absolute Gasteiger partial charge is 2.00 e. The van der Waals surface area contributed by atoms with Gasteiger partial charge in [0.15, 0.2) is 0 Å². The van der Waals surface area contributed by atoms with E-state index >= 15 is 0 Å². The van der Waals surface area contributed by atoms with Gasteiger partial charge in [-0.2, -0.15) is 0 Å². The summed E-state index contributed by atoms with van der Waals surface area (Å²) in [4.78, 5) is 22.7. The minimum absolute atomic E-state index is 0. The van der Waals surface area contributed by atoms with E-state index in [1.54, 1.807) is 0 Å². The second-order valence-corrected chi connectivity index (χ2v) is 0.683.